The highest BCUT2D eigenvalue weighted by Gasteiger charge is 2.03. The Balaban J connectivity index is 2.37. The number of nitrogens with one attached hydrogen (secondary N) is 1. The Bertz CT molecular complexity index is 281. The number of rotatable bonds is 7. The van der Waals surface area contributed by atoms with Gasteiger partial charge in [0.2, 0.25) is 0 Å². The van der Waals surface area contributed by atoms with Crippen LogP contribution in [0.3, 0.4) is 0 Å². The monoisotopic (exact) mass is 221 g/mol. The summed E-state index contributed by atoms with van der Waals surface area (Å²) in [5.74, 6) is 0.918. The van der Waals surface area contributed by atoms with Gasteiger partial charge in [0.15, 0.2) is 0 Å². The molecular formula is C14H23NO. The Labute approximate surface area is 99.0 Å². The van der Waals surface area contributed by atoms with Gasteiger partial charge in [-0.25, -0.2) is 0 Å². The summed E-state index contributed by atoms with van der Waals surface area (Å²) >= 11 is 0. The molecular weight excluding hydrogens is 198 g/mol. The zero-order valence-corrected chi connectivity index (χ0v) is 10.6. The van der Waals surface area contributed by atoms with E-state index < -0.39 is 0 Å². The summed E-state index contributed by atoms with van der Waals surface area (Å²) in [5, 5.41) is 3.53. The van der Waals surface area contributed by atoms with Gasteiger partial charge in [0.25, 0.3) is 0 Å². The molecule has 0 aromatic heterocycles. The van der Waals surface area contributed by atoms with Crippen molar-refractivity contribution >= 4 is 0 Å². The molecule has 0 aliphatic rings. The first-order chi connectivity index (χ1) is 7.77. The summed E-state index contributed by atoms with van der Waals surface area (Å²) in [7, 11) is 1.70. The molecule has 0 spiro atoms. The van der Waals surface area contributed by atoms with Gasteiger partial charge in [-0.2, -0.15) is 0 Å². The first kappa shape index (κ1) is 13.0. The van der Waals surface area contributed by atoms with Gasteiger partial charge in [0, 0.05) is 6.04 Å². The largest absolute Gasteiger partial charge is 0.497 e. The van der Waals surface area contributed by atoms with Crippen molar-refractivity contribution in [1.82, 2.24) is 5.32 Å². The summed E-state index contributed by atoms with van der Waals surface area (Å²) in [6.07, 6.45) is 3.85. The highest BCUT2D eigenvalue weighted by atomic mass is 16.5. The minimum atomic E-state index is 0.419. The maximum Gasteiger partial charge on any atom is 0.118 e. The third-order valence-electron chi connectivity index (χ3n) is 2.85. The third-order valence-corrected chi connectivity index (χ3v) is 2.85. The number of ether oxygens (including phenoxy) is 1. The summed E-state index contributed by atoms with van der Waals surface area (Å²) < 4.78 is 5.14. The molecule has 1 aromatic rings. The molecule has 2 nitrogen and oxygen atoms in total. The lowest BCUT2D eigenvalue weighted by Gasteiger charge is -2.14. The Hall–Kier alpha value is -1.02. The molecule has 0 heterocycles. The molecule has 90 valence electrons. The van der Waals surface area contributed by atoms with Crippen LogP contribution in [-0.2, 0) is 0 Å². The van der Waals surface area contributed by atoms with Gasteiger partial charge in [0.05, 0.1) is 7.11 Å². The van der Waals surface area contributed by atoms with Crippen LogP contribution in [0.25, 0.3) is 0 Å². The van der Waals surface area contributed by atoms with Crippen LogP contribution >= 0.6 is 0 Å². The maximum absolute atomic E-state index is 5.14. The average molecular weight is 221 g/mol. The third kappa shape index (κ3) is 4.23. The number of hydrogen-bond donors (Lipinski definition) is 1. The van der Waals surface area contributed by atoms with Gasteiger partial charge >= 0.3 is 0 Å². The van der Waals surface area contributed by atoms with Crippen LogP contribution in [0.15, 0.2) is 24.3 Å². The molecule has 1 unspecified atom stereocenters. The molecule has 1 N–H and O–H groups in total. The predicted octanol–water partition coefficient (Wildman–Crippen LogP) is 3.54. The molecule has 0 fully saturated rings. The summed E-state index contributed by atoms with van der Waals surface area (Å²) in [6.45, 7) is 5.53. The zero-order valence-electron chi connectivity index (χ0n) is 10.6. The molecule has 1 atom stereocenters. The second-order valence-electron chi connectivity index (χ2n) is 4.16. The topological polar surface area (TPSA) is 21.3 Å². The van der Waals surface area contributed by atoms with Crippen LogP contribution in [0.2, 0.25) is 0 Å². The van der Waals surface area contributed by atoms with E-state index >= 15 is 0 Å². The van der Waals surface area contributed by atoms with Crippen molar-refractivity contribution in [2.75, 3.05) is 13.7 Å². The summed E-state index contributed by atoms with van der Waals surface area (Å²) in [6, 6.07) is 8.69. The fourth-order valence-electron chi connectivity index (χ4n) is 1.70. The fraction of sp³-hybridized carbons (Fsp3) is 0.571. The van der Waals surface area contributed by atoms with Crippen molar-refractivity contribution in [3.63, 3.8) is 0 Å². The van der Waals surface area contributed by atoms with E-state index in [0.29, 0.717) is 6.04 Å². The first-order valence-electron chi connectivity index (χ1n) is 6.15. The molecule has 0 bridgehead atoms. The highest BCUT2D eigenvalue weighted by Crippen LogP contribution is 2.17. The first-order valence-corrected chi connectivity index (χ1v) is 6.15. The van der Waals surface area contributed by atoms with E-state index in [0.717, 1.165) is 12.3 Å². The highest BCUT2D eigenvalue weighted by molar-refractivity contribution is 5.28. The van der Waals surface area contributed by atoms with E-state index in [4.69, 9.17) is 4.74 Å². The number of unbranched alkanes of at least 4 members (excludes halogenated alkanes) is 2. The Kier molecular flexibility index (Phi) is 5.94. The van der Waals surface area contributed by atoms with E-state index in [1.54, 1.807) is 7.11 Å². The summed E-state index contributed by atoms with van der Waals surface area (Å²) in [4.78, 5) is 0. The molecule has 0 saturated heterocycles. The lowest BCUT2D eigenvalue weighted by atomic mass is 10.1. The molecule has 0 amide bonds. The van der Waals surface area contributed by atoms with E-state index in [2.05, 4.69) is 31.3 Å². The molecule has 2 heteroatoms. The van der Waals surface area contributed by atoms with E-state index in [9.17, 15) is 0 Å². The van der Waals surface area contributed by atoms with Crippen LogP contribution in [0.5, 0.6) is 5.75 Å². The van der Waals surface area contributed by atoms with E-state index in [1.165, 1.54) is 24.8 Å². The normalized spacial score (nSPS) is 12.4. The SMILES string of the molecule is CCCCCNC(C)c1ccc(OC)cc1. The lowest BCUT2D eigenvalue weighted by molar-refractivity contribution is 0.414. The zero-order chi connectivity index (χ0) is 11.8. The molecule has 1 aromatic carbocycles. The van der Waals surface area contributed by atoms with Gasteiger partial charge < -0.3 is 10.1 Å². The minimum Gasteiger partial charge on any atom is -0.497 e. The number of hydrogen-bond acceptors (Lipinski definition) is 2. The van der Waals surface area contributed by atoms with Gasteiger partial charge in [0.1, 0.15) is 5.75 Å². The molecule has 0 radical (unpaired) electrons. The molecule has 16 heavy (non-hydrogen) atoms. The second-order valence-corrected chi connectivity index (χ2v) is 4.16. The van der Waals surface area contributed by atoms with E-state index in [1.807, 2.05) is 12.1 Å². The average Bonchev–Trinajstić information content (AvgIpc) is 2.34. The van der Waals surface area contributed by atoms with Crippen molar-refractivity contribution in [3.05, 3.63) is 29.8 Å². The van der Waals surface area contributed by atoms with Crippen LogP contribution in [0.4, 0.5) is 0 Å². The van der Waals surface area contributed by atoms with Gasteiger partial charge in [-0.1, -0.05) is 31.9 Å². The Morgan fingerprint density at radius 2 is 1.88 bits per heavy atom. The lowest BCUT2D eigenvalue weighted by Crippen LogP contribution is -2.19. The Morgan fingerprint density at radius 1 is 1.19 bits per heavy atom. The smallest absolute Gasteiger partial charge is 0.118 e. The van der Waals surface area contributed by atoms with Gasteiger partial charge in [-0.05, 0) is 37.6 Å². The van der Waals surface area contributed by atoms with Crippen LogP contribution < -0.4 is 10.1 Å². The van der Waals surface area contributed by atoms with Gasteiger partial charge in [-0.15, -0.1) is 0 Å². The molecule has 0 aliphatic carbocycles. The second kappa shape index (κ2) is 7.29. The molecule has 1 rings (SSSR count). The van der Waals surface area contributed by atoms with E-state index in [-0.39, 0.29) is 0 Å². The predicted molar refractivity (Wildman–Crippen MR) is 68.9 cm³/mol. The molecule has 0 saturated carbocycles. The van der Waals surface area contributed by atoms with Crippen LogP contribution in [0.1, 0.15) is 44.7 Å². The van der Waals surface area contributed by atoms with Crippen molar-refractivity contribution in [3.8, 4) is 5.75 Å². The Morgan fingerprint density at radius 3 is 2.44 bits per heavy atom. The standard InChI is InChI=1S/C14H23NO/c1-4-5-6-11-15-12(2)13-7-9-14(16-3)10-8-13/h7-10,12,15H,4-6,11H2,1-3H3. The summed E-state index contributed by atoms with van der Waals surface area (Å²) in [5.41, 5.74) is 1.32. The minimum absolute atomic E-state index is 0.419. The fourth-order valence-corrected chi connectivity index (χ4v) is 1.70. The van der Waals surface area contributed by atoms with Crippen LogP contribution in [0, 0.1) is 0 Å². The van der Waals surface area contributed by atoms with Crippen LogP contribution in [-0.4, -0.2) is 13.7 Å². The van der Waals surface area contributed by atoms with Crippen molar-refractivity contribution in [2.24, 2.45) is 0 Å². The quantitative estimate of drug-likeness (QED) is 0.711. The molecule has 0 aliphatic heterocycles. The van der Waals surface area contributed by atoms with Crippen molar-refractivity contribution in [1.29, 1.82) is 0 Å². The van der Waals surface area contributed by atoms with Gasteiger partial charge in [-0.3, -0.25) is 0 Å². The maximum atomic E-state index is 5.14. The number of methoxy groups -OCH3 is 1. The van der Waals surface area contributed by atoms with Crippen molar-refractivity contribution in [2.45, 2.75) is 39.2 Å². The van der Waals surface area contributed by atoms with Crippen molar-refractivity contribution < 1.29 is 4.74 Å². The number of benzene rings is 1.